The summed E-state index contributed by atoms with van der Waals surface area (Å²) in [6.45, 7) is 7.65. The molecule has 1 aliphatic heterocycles. The van der Waals surface area contributed by atoms with Crippen LogP contribution < -0.4 is 0 Å². The van der Waals surface area contributed by atoms with Crippen molar-refractivity contribution in [3.63, 3.8) is 0 Å². The number of ether oxygens (including phenoxy) is 1. The molecule has 0 aromatic heterocycles. The van der Waals surface area contributed by atoms with E-state index in [0.29, 0.717) is 11.3 Å². The van der Waals surface area contributed by atoms with Gasteiger partial charge >= 0.3 is 0 Å². The minimum Gasteiger partial charge on any atom is -0.497 e. The van der Waals surface area contributed by atoms with Gasteiger partial charge in [-0.3, -0.25) is 0 Å². The van der Waals surface area contributed by atoms with E-state index >= 15 is 0 Å². The zero-order valence-corrected chi connectivity index (χ0v) is 8.05. The molecule has 0 bridgehead atoms. The van der Waals surface area contributed by atoms with E-state index in [1.807, 2.05) is 0 Å². The van der Waals surface area contributed by atoms with E-state index in [9.17, 15) is 0 Å². The first-order chi connectivity index (χ1) is 5.59. The molecule has 1 unspecified atom stereocenters. The zero-order valence-electron chi connectivity index (χ0n) is 8.05. The molecule has 0 radical (unpaired) electrons. The van der Waals surface area contributed by atoms with Crippen LogP contribution in [-0.2, 0) is 4.74 Å². The maximum absolute atomic E-state index is 5.64. The summed E-state index contributed by atoms with van der Waals surface area (Å²) in [5, 5.41) is 0. The van der Waals surface area contributed by atoms with Crippen molar-refractivity contribution in [2.75, 3.05) is 6.61 Å². The second kappa shape index (κ2) is 2.38. The van der Waals surface area contributed by atoms with Crippen LogP contribution in [0.15, 0.2) is 23.5 Å². The van der Waals surface area contributed by atoms with Crippen LogP contribution in [0.25, 0.3) is 0 Å². The quantitative estimate of drug-likeness (QED) is 0.535. The van der Waals surface area contributed by atoms with E-state index < -0.39 is 0 Å². The topological polar surface area (TPSA) is 9.23 Å². The third kappa shape index (κ3) is 1.08. The highest BCUT2D eigenvalue weighted by molar-refractivity contribution is 5.26. The summed E-state index contributed by atoms with van der Waals surface area (Å²) in [4.78, 5) is 0. The molecule has 0 N–H and O–H groups in total. The molecule has 1 fully saturated rings. The number of allylic oxidation sites excluding steroid dienone is 4. The SMILES string of the molecule is CC1=CC=C2OCC(C)(C)C2C1. The monoisotopic (exact) mass is 164 g/mol. The molecule has 1 heteroatoms. The molecule has 1 aliphatic carbocycles. The molecule has 2 aliphatic rings. The minimum absolute atomic E-state index is 0.335. The molecule has 12 heavy (non-hydrogen) atoms. The van der Waals surface area contributed by atoms with Crippen LogP contribution in [-0.4, -0.2) is 6.61 Å². The summed E-state index contributed by atoms with van der Waals surface area (Å²) in [7, 11) is 0. The normalized spacial score (nSPS) is 31.8. The van der Waals surface area contributed by atoms with Gasteiger partial charge in [0.1, 0.15) is 5.76 Å². The Labute approximate surface area is 74.1 Å². The average Bonchev–Trinajstić information content (AvgIpc) is 2.28. The fourth-order valence-electron chi connectivity index (χ4n) is 2.01. The standard InChI is InChI=1S/C11H16O/c1-8-4-5-10-9(6-8)11(2,3)7-12-10/h4-5,9H,6-7H2,1-3H3. The fourth-order valence-corrected chi connectivity index (χ4v) is 2.01. The Hall–Kier alpha value is -0.720. The average molecular weight is 164 g/mol. The molecular weight excluding hydrogens is 148 g/mol. The van der Waals surface area contributed by atoms with Gasteiger partial charge in [0.25, 0.3) is 0 Å². The molecule has 1 nitrogen and oxygen atoms in total. The van der Waals surface area contributed by atoms with Crippen molar-refractivity contribution in [1.29, 1.82) is 0 Å². The van der Waals surface area contributed by atoms with Gasteiger partial charge in [-0.1, -0.05) is 25.5 Å². The lowest BCUT2D eigenvalue weighted by Crippen LogP contribution is -2.22. The van der Waals surface area contributed by atoms with Gasteiger partial charge in [0.15, 0.2) is 0 Å². The Bertz CT molecular complexity index is 258. The van der Waals surface area contributed by atoms with Gasteiger partial charge in [-0.25, -0.2) is 0 Å². The van der Waals surface area contributed by atoms with E-state index in [1.165, 1.54) is 17.8 Å². The Morgan fingerprint density at radius 3 is 2.92 bits per heavy atom. The molecule has 1 atom stereocenters. The summed E-state index contributed by atoms with van der Waals surface area (Å²) < 4.78 is 5.64. The second-order valence-electron chi connectivity index (χ2n) is 4.62. The van der Waals surface area contributed by atoms with Gasteiger partial charge in [0.2, 0.25) is 0 Å². The molecule has 1 saturated heterocycles. The molecule has 0 spiro atoms. The first kappa shape index (κ1) is 7.90. The largest absolute Gasteiger partial charge is 0.497 e. The lowest BCUT2D eigenvalue weighted by molar-refractivity contribution is 0.200. The van der Waals surface area contributed by atoms with E-state index in [4.69, 9.17) is 4.74 Å². The maximum Gasteiger partial charge on any atom is 0.100 e. The molecule has 1 heterocycles. The molecular formula is C11H16O. The van der Waals surface area contributed by atoms with Crippen molar-refractivity contribution in [2.45, 2.75) is 27.2 Å². The minimum atomic E-state index is 0.335. The fraction of sp³-hybridized carbons (Fsp3) is 0.636. The number of hydrogen-bond donors (Lipinski definition) is 0. The summed E-state index contributed by atoms with van der Waals surface area (Å²) in [6.07, 6.45) is 5.49. The number of hydrogen-bond acceptors (Lipinski definition) is 1. The molecule has 0 aromatic rings. The molecule has 2 rings (SSSR count). The van der Waals surface area contributed by atoms with Crippen LogP contribution in [0.4, 0.5) is 0 Å². The van der Waals surface area contributed by atoms with Crippen LogP contribution in [0.5, 0.6) is 0 Å². The van der Waals surface area contributed by atoms with Crippen molar-refractivity contribution in [1.82, 2.24) is 0 Å². The van der Waals surface area contributed by atoms with Gasteiger partial charge in [0, 0.05) is 11.3 Å². The second-order valence-corrected chi connectivity index (χ2v) is 4.62. The first-order valence-corrected chi connectivity index (χ1v) is 4.60. The van der Waals surface area contributed by atoms with E-state index in [0.717, 1.165) is 6.61 Å². The maximum atomic E-state index is 5.64. The zero-order chi connectivity index (χ0) is 8.77. The molecule has 66 valence electrons. The van der Waals surface area contributed by atoms with Crippen LogP contribution in [0.3, 0.4) is 0 Å². The Morgan fingerprint density at radius 1 is 1.42 bits per heavy atom. The van der Waals surface area contributed by atoms with E-state index in [2.05, 4.69) is 32.9 Å². The van der Waals surface area contributed by atoms with Crippen LogP contribution in [0, 0.1) is 11.3 Å². The predicted molar refractivity (Wildman–Crippen MR) is 49.7 cm³/mol. The molecule has 0 saturated carbocycles. The summed E-state index contributed by atoms with van der Waals surface area (Å²) in [5.74, 6) is 1.83. The highest BCUT2D eigenvalue weighted by atomic mass is 16.5. The highest BCUT2D eigenvalue weighted by Gasteiger charge is 2.40. The third-order valence-corrected chi connectivity index (χ3v) is 2.96. The highest BCUT2D eigenvalue weighted by Crippen LogP contribution is 2.45. The summed E-state index contributed by atoms with van der Waals surface area (Å²) >= 11 is 0. The lowest BCUT2D eigenvalue weighted by Gasteiger charge is -2.25. The third-order valence-electron chi connectivity index (χ3n) is 2.96. The van der Waals surface area contributed by atoms with Crippen molar-refractivity contribution in [2.24, 2.45) is 11.3 Å². The van der Waals surface area contributed by atoms with Crippen LogP contribution in [0.1, 0.15) is 27.2 Å². The van der Waals surface area contributed by atoms with E-state index in [1.54, 1.807) is 0 Å². The molecule has 0 amide bonds. The van der Waals surface area contributed by atoms with Gasteiger partial charge in [-0.05, 0) is 19.4 Å². The Balaban J connectivity index is 2.29. The van der Waals surface area contributed by atoms with Crippen molar-refractivity contribution in [3.05, 3.63) is 23.5 Å². The smallest absolute Gasteiger partial charge is 0.100 e. The Morgan fingerprint density at radius 2 is 2.17 bits per heavy atom. The van der Waals surface area contributed by atoms with Crippen molar-refractivity contribution < 1.29 is 4.74 Å². The predicted octanol–water partition coefficient (Wildman–Crippen LogP) is 2.89. The van der Waals surface area contributed by atoms with Gasteiger partial charge < -0.3 is 4.74 Å². The Kier molecular flexibility index (Phi) is 1.57. The molecule has 0 aromatic carbocycles. The first-order valence-electron chi connectivity index (χ1n) is 4.60. The van der Waals surface area contributed by atoms with Crippen LogP contribution in [0.2, 0.25) is 0 Å². The number of rotatable bonds is 0. The lowest BCUT2D eigenvalue weighted by atomic mass is 9.75. The van der Waals surface area contributed by atoms with Gasteiger partial charge in [0.05, 0.1) is 6.61 Å². The summed E-state index contributed by atoms with van der Waals surface area (Å²) in [6, 6.07) is 0. The van der Waals surface area contributed by atoms with E-state index in [-0.39, 0.29) is 0 Å². The van der Waals surface area contributed by atoms with Gasteiger partial charge in [-0.15, -0.1) is 0 Å². The summed E-state index contributed by atoms with van der Waals surface area (Å²) in [5.41, 5.74) is 1.81. The van der Waals surface area contributed by atoms with Crippen molar-refractivity contribution >= 4 is 0 Å². The number of fused-ring (bicyclic) bond motifs is 1. The van der Waals surface area contributed by atoms with Gasteiger partial charge in [-0.2, -0.15) is 0 Å². The van der Waals surface area contributed by atoms with Crippen molar-refractivity contribution in [3.8, 4) is 0 Å². The van der Waals surface area contributed by atoms with Crippen LogP contribution >= 0.6 is 0 Å².